The van der Waals surface area contributed by atoms with Gasteiger partial charge in [-0.25, -0.2) is 4.39 Å². The van der Waals surface area contributed by atoms with E-state index >= 15 is 0 Å². The molecule has 3 heteroatoms. The minimum atomic E-state index is -0.405. The van der Waals surface area contributed by atoms with Gasteiger partial charge in [0.2, 0.25) is 0 Å². The molecule has 0 radical (unpaired) electrons. The van der Waals surface area contributed by atoms with Gasteiger partial charge < -0.3 is 0 Å². The van der Waals surface area contributed by atoms with Crippen LogP contribution in [-0.2, 0) is 6.42 Å². The van der Waals surface area contributed by atoms with Gasteiger partial charge in [0.15, 0.2) is 5.78 Å². The summed E-state index contributed by atoms with van der Waals surface area (Å²) in [6.45, 7) is 4.26. The summed E-state index contributed by atoms with van der Waals surface area (Å²) in [5.41, 5.74) is 2.58. The van der Waals surface area contributed by atoms with Gasteiger partial charge in [0.1, 0.15) is 5.82 Å². The number of hydrogen-bond donors (Lipinski definition) is 0. The molecule has 0 aliphatic heterocycles. The fraction of sp³-hybridized carbons (Fsp3) is 0.235. The Bertz CT molecular complexity index is 597. The number of Topliss-reactive ketones (excluding diaryl/α,β-unsaturated/α-hetero) is 1. The normalized spacial score (nSPS) is 10.8. The number of hydrogen-bond acceptors (Lipinski definition) is 1. The minimum Gasteiger partial charge on any atom is -0.294 e. The van der Waals surface area contributed by atoms with Crippen LogP contribution in [0.1, 0.15) is 41.3 Å². The molecule has 2 rings (SSSR count). The predicted octanol–water partition coefficient (Wildman–Crippen LogP) is 5.14. The molecule has 0 saturated carbocycles. The summed E-state index contributed by atoms with van der Waals surface area (Å²) in [6.07, 6.45) is 0.286. The molecule has 0 amide bonds. The molecule has 104 valence electrons. The van der Waals surface area contributed by atoms with Crippen molar-refractivity contribution in [1.29, 1.82) is 0 Å². The first-order valence-electron chi connectivity index (χ1n) is 6.54. The Morgan fingerprint density at radius 3 is 2.35 bits per heavy atom. The quantitative estimate of drug-likeness (QED) is 0.707. The van der Waals surface area contributed by atoms with Crippen molar-refractivity contribution in [3.05, 3.63) is 69.4 Å². The zero-order chi connectivity index (χ0) is 14.7. The summed E-state index contributed by atoms with van der Waals surface area (Å²) >= 11 is 3.20. The van der Waals surface area contributed by atoms with Gasteiger partial charge >= 0.3 is 0 Å². The largest absolute Gasteiger partial charge is 0.294 e. The van der Waals surface area contributed by atoms with Crippen molar-refractivity contribution in [3.63, 3.8) is 0 Å². The van der Waals surface area contributed by atoms with E-state index in [0.29, 0.717) is 16.0 Å². The average molecular weight is 335 g/mol. The van der Waals surface area contributed by atoms with Crippen LogP contribution in [0.5, 0.6) is 0 Å². The lowest BCUT2D eigenvalue weighted by Crippen LogP contribution is -2.04. The molecule has 0 saturated heterocycles. The van der Waals surface area contributed by atoms with E-state index in [1.165, 1.54) is 17.7 Å². The highest BCUT2D eigenvalue weighted by Gasteiger charge is 2.10. The summed E-state index contributed by atoms with van der Waals surface area (Å²) < 4.78 is 13.9. The molecule has 20 heavy (non-hydrogen) atoms. The highest BCUT2D eigenvalue weighted by Crippen LogP contribution is 2.18. The van der Waals surface area contributed by atoms with E-state index in [4.69, 9.17) is 0 Å². The Labute approximate surface area is 127 Å². The Balaban J connectivity index is 2.14. The zero-order valence-corrected chi connectivity index (χ0v) is 13.1. The van der Waals surface area contributed by atoms with Crippen LogP contribution in [0, 0.1) is 5.82 Å². The van der Waals surface area contributed by atoms with E-state index in [0.717, 1.165) is 5.56 Å². The highest BCUT2D eigenvalue weighted by atomic mass is 79.9. The van der Waals surface area contributed by atoms with Crippen LogP contribution in [0.2, 0.25) is 0 Å². The van der Waals surface area contributed by atoms with E-state index in [2.05, 4.69) is 29.8 Å². The van der Waals surface area contributed by atoms with Gasteiger partial charge in [-0.2, -0.15) is 0 Å². The summed E-state index contributed by atoms with van der Waals surface area (Å²) in [7, 11) is 0. The Hall–Kier alpha value is -1.48. The molecule has 0 atom stereocenters. The third-order valence-corrected chi connectivity index (χ3v) is 3.65. The number of rotatable bonds is 4. The smallest absolute Gasteiger partial charge is 0.167 e. The maximum absolute atomic E-state index is 13.3. The number of halogens is 2. The number of benzene rings is 2. The van der Waals surface area contributed by atoms with Crippen LogP contribution in [0.15, 0.2) is 46.9 Å². The Kier molecular flexibility index (Phi) is 4.71. The van der Waals surface area contributed by atoms with Gasteiger partial charge in [0.05, 0.1) is 0 Å². The lowest BCUT2D eigenvalue weighted by molar-refractivity contribution is 0.0992. The van der Waals surface area contributed by atoms with E-state index in [1.54, 1.807) is 6.07 Å². The molecule has 0 aromatic heterocycles. The molecule has 0 spiro atoms. The lowest BCUT2D eigenvalue weighted by Gasteiger charge is -2.07. The first-order chi connectivity index (χ1) is 9.45. The second-order valence-electron chi connectivity index (χ2n) is 5.15. The number of carbonyl (C=O) groups excluding carboxylic acids is 1. The predicted molar refractivity (Wildman–Crippen MR) is 82.7 cm³/mol. The van der Waals surface area contributed by atoms with E-state index in [-0.39, 0.29) is 12.2 Å². The van der Waals surface area contributed by atoms with Crippen molar-refractivity contribution in [3.8, 4) is 0 Å². The maximum Gasteiger partial charge on any atom is 0.167 e. The van der Waals surface area contributed by atoms with Crippen molar-refractivity contribution in [1.82, 2.24) is 0 Å². The molecule has 0 aliphatic carbocycles. The maximum atomic E-state index is 13.3. The molecule has 0 unspecified atom stereocenters. The standard InChI is InChI=1S/C17H16BrFO/c1-11(2)13-5-3-12(4-6-13)7-17(20)14-8-15(18)10-16(19)9-14/h3-6,8-11H,7H2,1-2H3. The molecule has 0 N–H and O–H groups in total. The molecule has 0 fully saturated rings. The van der Waals surface area contributed by atoms with Gasteiger partial charge in [-0.3, -0.25) is 4.79 Å². The van der Waals surface area contributed by atoms with Crippen molar-refractivity contribution >= 4 is 21.7 Å². The van der Waals surface area contributed by atoms with Crippen LogP contribution >= 0.6 is 15.9 Å². The summed E-state index contributed by atoms with van der Waals surface area (Å²) in [5, 5.41) is 0. The Morgan fingerprint density at radius 2 is 1.80 bits per heavy atom. The SMILES string of the molecule is CC(C)c1ccc(CC(=O)c2cc(F)cc(Br)c2)cc1. The van der Waals surface area contributed by atoms with Gasteiger partial charge in [0, 0.05) is 16.5 Å². The number of carbonyl (C=O) groups is 1. The van der Waals surface area contributed by atoms with Crippen molar-refractivity contribution in [2.24, 2.45) is 0 Å². The second-order valence-corrected chi connectivity index (χ2v) is 6.07. The molecule has 0 bridgehead atoms. The topological polar surface area (TPSA) is 17.1 Å². The molecular formula is C17H16BrFO. The highest BCUT2D eigenvalue weighted by molar-refractivity contribution is 9.10. The minimum absolute atomic E-state index is 0.0810. The number of ketones is 1. The lowest BCUT2D eigenvalue weighted by atomic mass is 9.98. The summed E-state index contributed by atoms with van der Waals surface area (Å²) in [5.74, 6) is -0.0145. The van der Waals surface area contributed by atoms with E-state index in [1.807, 2.05) is 24.3 Å². The monoisotopic (exact) mass is 334 g/mol. The van der Waals surface area contributed by atoms with Crippen molar-refractivity contribution < 1.29 is 9.18 Å². The second kappa shape index (κ2) is 6.31. The first kappa shape index (κ1) is 14.9. The molecule has 2 aromatic rings. The summed E-state index contributed by atoms with van der Waals surface area (Å²) in [6, 6.07) is 12.3. The van der Waals surface area contributed by atoms with Crippen molar-refractivity contribution in [2.45, 2.75) is 26.2 Å². The average Bonchev–Trinajstić information content (AvgIpc) is 2.38. The third-order valence-electron chi connectivity index (χ3n) is 3.20. The molecule has 0 aliphatic rings. The van der Waals surface area contributed by atoms with Crippen molar-refractivity contribution in [2.75, 3.05) is 0 Å². The Morgan fingerprint density at radius 1 is 1.15 bits per heavy atom. The van der Waals surface area contributed by atoms with Crippen LogP contribution in [0.4, 0.5) is 4.39 Å². The van der Waals surface area contributed by atoms with Crippen LogP contribution in [0.25, 0.3) is 0 Å². The zero-order valence-electron chi connectivity index (χ0n) is 11.5. The van der Waals surface area contributed by atoms with Gasteiger partial charge in [0.25, 0.3) is 0 Å². The van der Waals surface area contributed by atoms with Gasteiger partial charge in [-0.15, -0.1) is 0 Å². The first-order valence-corrected chi connectivity index (χ1v) is 7.33. The molecule has 2 aromatic carbocycles. The molecule has 0 heterocycles. The molecule has 1 nitrogen and oxygen atoms in total. The fourth-order valence-electron chi connectivity index (χ4n) is 2.02. The van der Waals surface area contributed by atoms with Crippen LogP contribution < -0.4 is 0 Å². The molecular weight excluding hydrogens is 319 g/mol. The van der Waals surface area contributed by atoms with Gasteiger partial charge in [-0.05, 0) is 35.2 Å². The van der Waals surface area contributed by atoms with Crippen LogP contribution in [-0.4, -0.2) is 5.78 Å². The van der Waals surface area contributed by atoms with E-state index in [9.17, 15) is 9.18 Å². The third kappa shape index (κ3) is 3.76. The van der Waals surface area contributed by atoms with Gasteiger partial charge in [-0.1, -0.05) is 54.0 Å². The fourth-order valence-corrected chi connectivity index (χ4v) is 2.49. The van der Waals surface area contributed by atoms with Crippen LogP contribution in [0.3, 0.4) is 0 Å². The summed E-state index contributed by atoms with van der Waals surface area (Å²) in [4.78, 5) is 12.1. The van der Waals surface area contributed by atoms with E-state index < -0.39 is 5.82 Å².